The highest BCUT2D eigenvalue weighted by Crippen LogP contribution is 2.27. The van der Waals surface area contributed by atoms with Crippen LogP contribution in [0, 0.1) is 17.8 Å². The van der Waals surface area contributed by atoms with Gasteiger partial charge < -0.3 is 10.1 Å². The molecule has 0 heterocycles. The fourth-order valence-corrected chi connectivity index (χ4v) is 2.71. The third kappa shape index (κ3) is 5.62. The highest BCUT2D eigenvalue weighted by atomic mass is 19.3. The first-order valence-electron chi connectivity index (χ1n) is 7.60. The summed E-state index contributed by atoms with van der Waals surface area (Å²) in [5.74, 6) is 1.96. The number of hydrogen-bond donors (Lipinski definition) is 1. The largest absolute Gasteiger partial charge is 0.434 e. The van der Waals surface area contributed by atoms with Gasteiger partial charge in [-0.1, -0.05) is 45.9 Å². The lowest BCUT2D eigenvalue weighted by Gasteiger charge is -2.27. The number of ether oxygens (including phenoxy) is 1. The van der Waals surface area contributed by atoms with Crippen LogP contribution in [0.4, 0.5) is 8.78 Å². The molecule has 0 amide bonds. The van der Waals surface area contributed by atoms with Crippen LogP contribution in [0.15, 0.2) is 24.3 Å². The third-order valence-electron chi connectivity index (χ3n) is 3.97. The summed E-state index contributed by atoms with van der Waals surface area (Å²) < 4.78 is 29.5. The van der Waals surface area contributed by atoms with Gasteiger partial charge in [0.1, 0.15) is 5.75 Å². The van der Waals surface area contributed by atoms with Gasteiger partial charge in [0.05, 0.1) is 0 Å². The van der Waals surface area contributed by atoms with Crippen LogP contribution in [0.2, 0.25) is 0 Å². The van der Waals surface area contributed by atoms with Crippen LogP contribution in [-0.2, 0) is 0 Å². The van der Waals surface area contributed by atoms with Crippen LogP contribution < -0.4 is 10.1 Å². The molecule has 0 aromatic heterocycles. The van der Waals surface area contributed by atoms with Crippen LogP contribution >= 0.6 is 0 Å². The summed E-state index contributed by atoms with van der Waals surface area (Å²) in [5.41, 5.74) is 0.768. The van der Waals surface area contributed by atoms with Gasteiger partial charge in [0.2, 0.25) is 0 Å². The number of halogens is 2. The van der Waals surface area contributed by atoms with Crippen molar-refractivity contribution in [2.24, 2.45) is 17.8 Å². The molecule has 1 N–H and O–H groups in total. The van der Waals surface area contributed by atoms with E-state index in [0.29, 0.717) is 17.8 Å². The molecule has 120 valence electrons. The SMILES string of the molecule is CC(NCC(C(C)C)C(C)C)c1ccccc1OC(F)F. The van der Waals surface area contributed by atoms with E-state index in [0.717, 1.165) is 12.1 Å². The van der Waals surface area contributed by atoms with Crippen molar-refractivity contribution in [1.29, 1.82) is 0 Å². The van der Waals surface area contributed by atoms with Crippen molar-refractivity contribution in [1.82, 2.24) is 5.32 Å². The van der Waals surface area contributed by atoms with Gasteiger partial charge in [-0.25, -0.2) is 0 Å². The lowest BCUT2D eigenvalue weighted by atomic mass is 9.85. The van der Waals surface area contributed by atoms with Crippen LogP contribution in [0.25, 0.3) is 0 Å². The molecule has 0 aliphatic rings. The minimum atomic E-state index is -2.79. The Balaban J connectivity index is 2.73. The molecule has 0 aliphatic carbocycles. The number of hydrogen-bond acceptors (Lipinski definition) is 2. The van der Waals surface area contributed by atoms with Crippen molar-refractivity contribution < 1.29 is 13.5 Å². The van der Waals surface area contributed by atoms with Gasteiger partial charge in [-0.2, -0.15) is 8.78 Å². The Bertz CT molecular complexity index is 413. The molecule has 1 aromatic carbocycles. The van der Waals surface area contributed by atoms with E-state index in [1.165, 1.54) is 0 Å². The first kappa shape index (κ1) is 17.9. The van der Waals surface area contributed by atoms with Crippen molar-refractivity contribution in [3.63, 3.8) is 0 Å². The molecule has 0 aliphatic heterocycles. The minimum Gasteiger partial charge on any atom is -0.434 e. The van der Waals surface area contributed by atoms with Crippen molar-refractivity contribution >= 4 is 0 Å². The molecule has 1 aromatic rings. The molecule has 0 fully saturated rings. The molecule has 21 heavy (non-hydrogen) atoms. The monoisotopic (exact) mass is 299 g/mol. The average Bonchev–Trinajstić information content (AvgIpc) is 2.37. The van der Waals surface area contributed by atoms with E-state index >= 15 is 0 Å². The maximum atomic E-state index is 12.4. The maximum Gasteiger partial charge on any atom is 0.387 e. The summed E-state index contributed by atoms with van der Waals surface area (Å²) in [6.45, 7) is 8.90. The fourth-order valence-electron chi connectivity index (χ4n) is 2.71. The van der Waals surface area contributed by atoms with E-state index in [1.807, 2.05) is 19.1 Å². The quantitative estimate of drug-likeness (QED) is 0.739. The van der Waals surface area contributed by atoms with E-state index in [9.17, 15) is 8.78 Å². The average molecular weight is 299 g/mol. The Hall–Kier alpha value is -1.16. The summed E-state index contributed by atoms with van der Waals surface area (Å²) >= 11 is 0. The molecule has 2 nitrogen and oxygen atoms in total. The van der Waals surface area contributed by atoms with Gasteiger partial charge in [0.25, 0.3) is 0 Å². The maximum absolute atomic E-state index is 12.4. The Morgan fingerprint density at radius 2 is 1.57 bits per heavy atom. The van der Waals surface area contributed by atoms with E-state index < -0.39 is 6.61 Å². The zero-order chi connectivity index (χ0) is 16.0. The van der Waals surface area contributed by atoms with Gasteiger partial charge >= 0.3 is 6.61 Å². The van der Waals surface area contributed by atoms with Crippen LogP contribution in [0.1, 0.15) is 46.2 Å². The van der Waals surface area contributed by atoms with E-state index in [2.05, 4.69) is 37.7 Å². The normalized spacial score (nSPS) is 13.5. The highest BCUT2D eigenvalue weighted by molar-refractivity contribution is 5.35. The number of para-hydroxylation sites is 1. The van der Waals surface area contributed by atoms with Crippen LogP contribution in [0.3, 0.4) is 0 Å². The van der Waals surface area contributed by atoms with Crippen molar-refractivity contribution in [3.8, 4) is 5.75 Å². The second-order valence-corrected chi connectivity index (χ2v) is 6.20. The van der Waals surface area contributed by atoms with Gasteiger partial charge in [0.15, 0.2) is 0 Å². The summed E-state index contributed by atoms with van der Waals surface area (Å²) in [4.78, 5) is 0. The lowest BCUT2D eigenvalue weighted by molar-refractivity contribution is -0.0506. The Kier molecular flexibility index (Phi) is 7.09. The summed E-state index contributed by atoms with van der Waals surface area (Å²) in [6, 6.07) is 6.93. The smallest absolute Gasteiger partial charge is 0.387 e. The number of benzene rings is 1. The van der Waals surface area contributed by atoms with Gasteiger partial charge in [-0.3, -0.25) is 0 Å². The second kappa shape index (κ2) is 8.32. The predicted octanol–water partition coefficient (Wildman–Crippen LogP) is 4.87. The number of nitrogens with one attached hydrogen (secondary N) is 1. The summed E-state index contributed by atoms with van der Waals surface area (Å²) in [6.07, 6.45) is 0. The second-order valence-electron chi connectivity index (χ2n) is 6.20. The van der Waals surface area contributed by atoms with Gasteiger partial charge in [0, 0.05) is 11.6 Å². The van der Waals surface area contributed by atoms with E-state index in [-0.39, 0.29) is 11.8 Å². The highest BCUT2D eigenvalue weighted by Gasteiger charge is 2.20. The first-order chi connectivity index (χ1) is 9.82. The molecular formula is C17H27F2NO. The minimum absolute atomic E-state index is 0.0278. The number of alkyl halides is 2. The Labute approximate surface area is 126 Å². The number of rotatable bonds is 8. The standard InChI is InChI=1S/C17H27F2NO/c1-11(2)15(12(3)4)10-20-13(5)14-8-6-7-9-16(14)21-17(18)19/h6-9,11-13,15,17,20H,10H2,1-5H3. The van der Waals surface area contributed by atoms with Gasteiger partial charge in [-0.05, 0) is 37.3 Å². The van der Waals surface area contributed by atoms with Gasteiger partial charge in [-0.15, -0.1) is 0 Å². The topological polar surface area (TPSA) is 21.3 Å². The van der Waals surface area contributed by atoms with Crippen molar-refractivity contribution in [3.05, 3.63) is 29.8 Å². The molecule has 0 radical (unpaired) electrons. The molecule has 1 atom stereocenters. The van der Waals surface area contributed by atoms with Crippen LogP contribution in [0.5, 0.6) is 5.75 Å². The summed E-state index contributed by atoms with van der Waals surface area (Å²) in [5, 5.41) is 3.45. The molecule has 0 spiro atoms. The fraction of sp³-hybridized carbons (Fsp3) is 0.647. The van der Waals surface area contributed by atoms with E-state index in [1.54, 1.807) is 12.1 Å². The Morgan fingerprint density at radius 1 is 1.00 bits per heavy atom. The molecule has 1 unspecified atom stereocenters. The molecular weight excluding hydrogens is 272 g/mol. The molecule has 0 bridgehead atoms. The Morgan fingerprint density at radius 3 is 2.10 bits per heavy atom. The zero-order valence-electron chi connectivity index (χ0n) is 13.6. The summed E-state index contributed by atoms with van der Waals surface area (Å²) in [7, 11) is 0. The van der Waals surface area contributed by atoms with Crippen LogP contribution in [-0.4, -0.2) is 13.2 Å². The molecule has 4 heteroatoms. The zero-order valence-corrected chi connectivity index (χ0v) is 13.6. The molecule has 0 saturated carbocycles. The van der Waals surface area contributed by atoms with Crippen molar-refractivity contribution in [2.75, 3.05) is 6.54 Å². The molecule has 1 rings (SSSR count). The first-order valence-corrected chi connectivity index (χ1v) is 7.60. The molecule has 0 saturated heterocycles. The van der Waals surface area contributed by atoms with E-state index in [4.69, 9.17) is 0 Å². The lowest BCUT2D eigenvalue weighted by Crippen LogP contribution is -2.31. The van der Waals surface area contributed by atoms with Crippen molar-refractivity contribution in [2.45, 2.75) is 47.3 Å². The third-order valence-corrected chi connectivity index (χ3v) is 3.97. The predicted molar refractivity (Wildman–Crippen MR) is 82.7 cm³/mol.